The van der Waals surface area contributed by atoms with Crippen LogP contribution in [0.15, 0.2) is 66.7 Å². The molecule has 0 heterocycles. The number of hydrogen-bond acceptors (Lipinski definition) is 4. The van der Waals surface area contributed by atoms with Gasteiger partial charge in [-0.1, -0.05) is 83.0 Å². The van der Waals surface area contributed by atoms with Gasteiger partial charge in [0.1, 0.15) is 0 Å². The zero-order chi connectivity index (χ0) is 24.5. The molecule has 0 bridgehead atoms. The van der Waals surface area contributed by atoms with E-state index in [2.05, 4.69) is 33.8 Å². The van der Waals surface area contributed by atoms with Crippen LogP contribution in [0.2, 0.25) is 0 Å². The predicted molar refractivity (Wildman–Crippen MR) is 136 cm³/mol. The van der Waals surface area contributed by atoms with Crippen LogP contribution in [0, 0.1) is 5.92 Å². The molecule has 0 unspecified atom stereocenters. The molecule has 0 N–H and O–H groups in total. The van der Waals surface area contributed by atoms with Crippen molar-refractivity contribution in [1.82, 2.24) is 0 Å². The van der Waals surface area contributed by atoms with Crippen LogP contribution in [0.1, 0.15) is 77.9 Å². The van der Waals surface area contributed by atoms with Crippen molar-refractivity contribution in [2.75, 3.05) is 0 Å². The fourth-order valence-corrected chi connectivity index (χ4v) is 4.06. The fourth-order valence-electron chi connectivity index (χ4n) is 4.06. The summed E-state index contributed by atoms with van der Waals surface area (Å²) in [5.74, 6) is 0.242. The van der Waals surface area contributed by atoms with Gasteiger partial charge in [-0.15, -0.1) is 0 Å². The number of rotatable bonds is 10. The van der Waals surface area contributed by atoms with Crippen LogP contribution in [-0.4, -0.2) is 11.9 Å². The first kappa shape index (κ1) is 25.2. The van der Waals surface area contributed by atoms with E-state index in [0.717, 1.165) is 42.4 Å². The summed E-state index contributed by atoms with van der Waals surface area (Å²) >= 11 is 0. The Kier molecular flexibility index (Phi) is 9.03. The molecule has 0 fully saturated rings. The summed E-state index contributed by atoms with van der Waals surface area (Å²) in [5, 5.41) is 0. The summed E-state index contributed by atoms with van der Waals surface area (Å²) in [6.07, 6.45) is 4.04. The monoisotopic (exact) mass is 458 g/mol. The van der Waals surface area contributed by atoms with E-state index >= 15 is 0 Å². The lowest BCUT2D eigenvalue weighted by Crippen LogP contribution is -2.17. The zero-order valence-corrected chi connectivity index (χ0v) is 20.6. The Morgan fingerprint density at radius 3 is 1.68 bits per heavy atom. The highest BCUT2D eigenvalue weighted by atomic mass is 16.6. The smallest absolute Gasteiger partial charge is 0.343 e. The van der Waals surface area contributed by atoms with Crippen LogP contribution in [0.3, 0.4) is 0 Å². The van der Waals surface area contributed by atoms with Gasteiger partial charge in [0.05, 0.1) is 11.1 Å². The highest BCUT2D eigenvalue weighted by Gasteiger charge is 2.25. The molecule has 178 valence electrons. The maximum Gasteiger partial charge on any atom is 0.343 e. The van der Waals surface area contributed by atoms with E-state index in [-0.39, 0.29) is 0 Å². The van der Waals surface area contributed by atoms with E-state index in [0.29, 0.717) is 35.0 Å². The molecule has 4 heteroatoms. The molecule has 0 spiro atoms. The molecular formula is C30H34O4. The second kappa shape index (κ2) is 12.2. The van der Waals surface area contributed by atoms with Crippen LogP contribution in [-0.2, 0) is 19.3 Å². The van der Waals surface area contributed by atoms with Gasteiger partial charge in [0.25, 0.3) is 0 Å². The Morgan fingerprint density at radius 2 is 1.21 bits per heavy atom. The van der Waals surface area contributed by atoms with Gasteiger partial charge in [-0.3, -0.25) is 0 Å². The third kappa shape index (κ3) is 6.34. The maximum atomic E-state index is 13.1. The van der Waals surface area contributed by atoms with Crippen LogP contribution in [0.5, 0.6) is 11.5 Å². The highest BCUT2D eigenvalue weighted by Crippen LogP contribution is 2.41. The van der Waals surface area contributed by atoms with Gasteiger partial charge in [-0.2, -0.15) is 0 Å². The number of benzene rings is 3. The number of carbonyl (C=O) groups excluding carboxylic acids is 2. The summed E-state index contributed by atoms with van der Waals surface area (Å²) in [5.41, 5.74) is 3.88. The molecule has 3 aromatic carbocycles. The van der Waals surface area contributed by atoms with Gasteiger partial charge in [0.15, 0.2) is 11.5 Å². The summed E-state index contributed by atoms with van der Waals surface area (Å²) in [6.45, 7) is 8.53. The number of aryl methyl sites for hydroxylation is 1. The van der Waals surface area contributed by atoms with Gasteiger partial charge in [-0.05, 0) is 60.6 Å². The van der Waals surface area contributed by atoms with Crippen LogP contribution >= 0.6 is 0 Å². The average Bonchev–Trinajstić information content (AvgIpc) is 2.84. The van der Waals surface area contributed by atoms with Crippen molar-refractivity contribution in [3.05, 3.63) is 94.5 Å². The van der Waals surface area contributed by atoms with Crippen molar-refractivity contribution in [3.63, 3.8) is 0 Å². The molecule has 0 radical (unpaired) electrons. The van der Waals surface area contributed by atoms with Crippen molar-refractivity contribution in [3.8, 4) is 11.5 Å². The van der Waals surface area contributed by atoms with Crippen molar-refractivity contribution >= 4 is 11.9 Å². The molecule has 3 rings (SSSR count). The Hall–Kier alpha value is -3.40. The minimum atomic E-state index is -0.464. The van der Waals surface area contributed by atoms with Crippen molar-refractivity contribution in [2.24, 2.45) is 5.92 Å². The molecule has 3 aromatic rings. The van der Waals surface area contributed by atoms with E-state index in [9.17, 15) is 9.59 Å². The van der Waals surface area contributed by atoms with Gasteiger partial charge in [0, 0.05) is 5.56 Å². The summed E-state index contributed by atoms with van der Waals surface area (Å²) in [4.78, 5) is 26.2. The lowest BCUT2D eigenvalue weighted by molar-refractivity contribution is 0.0679. The Balaban J connectivity index is 2.17. The first-order valence-electron chi connectivity index (χ1n) is 12.2. The summed E-state index contributed by atoms with van der Waals surface area (Å²) in [6, 6.07) is 19.9. The standard InChI is InChI=1S/C30H34O4/c1-5-13-24-20-25(19-21(3)4)26(14-6-2)28(34-30(32)23-17-11-8-12-18-23)27(24)33-29(31)22-15-9-7-10-16-22/h7-12,15-18,20-21H,5-6,13-14,19H2,1-4H3. The number of carbonyl (C=O) groups is 2. The molecule has 0 aromatic heterocycles. The van der Waals surface area contributed by atoms with E-state index in [1.165, 1.54) is 0 Å². The molecule has 4 nitrogen and oxygen atoms in total. The lowest BCUT2D eigenvalue weighted by Gasteiger charge is -2.22. The maximum absolute atomic E-state index is 13.1. The second-order valence-corrected chi connectivity index (χ2v) is 8.94. The molecule has 0 amide bonds. The zero-order valence-electron chi connectivity index (χ0n) is 20.6. The molecule has 0 aliphatic rings. The topological polar surface area (TPSA) is 52.6 Å². The van der Waals surface area contributed by atoms with Gasteiger partial charge >= 0.3 is 11.9 Å². The molecular weight excluding hydrogens is 424 g/mol. The normalized spacial score (nSPS) is 10.9. The molecule has 0 atom stereocenters. The fraction of sp³-hybridized carbons (Fsp3) is 0.333. The van der Waals surface area contributed by atoms with E-state index < -0.39 is 11.9 Å². The summed E-state index contributed by atoms with van der Waals surface area (Å²) in [7, 11) is 0. The number of ether oxygens (including phenoxy) is 2. The highest BCUT2D eigenvalue weighted by molar-refractivity contribution is 5.93. The largest absolute Gasteiger partial charge is 0.419 e. The van der Waals surface area contributed by atoms with Crippen LogP contribution in [0.25, 0.3) is 0 Å². The number of hydrogen-bond donors (Lipinski definition) is 0. The minimum Gasteiger partial charge on any atom is -0.419 e. The Bertz CT molecular complexity index is 1100. The SMILES string of the molecule is CCCc1cc(CC(C)C)c(CCC)c(OC(=O)c2ccccc2)c1OC(=O)c1ccccc1. The minimum absolute atomic E-state index is 0.357. The Labute approximate surface area is 202 Å². The van der Waals surface area contributed by atoms with Gasteiger partial charge < -0.3 is 9.47 Å². The van der Waals surface area contributed by atoms with Crippen LogP contribution < -0.4 is 9.47 Å². The molecule has 34 heavy (non-hydrogen) atoms. The van der Waals surface area contributed by atoms with Crippen LogP contribution in [0.4, 0.5) is 0 Å². The van der Waals surface area contributed by atoms with Crippen molar-refractivity contribution in [1.29, 1.82) is 0 Å². The third-order valence-corrected chi connectivity index (χ3v) is 5.56. The predicted octanol–water partition coefficient (Wildman–Crippen LogP) is 7.23. The van der Waals surface area contributed by atoms with Crippen molar-refractivity contribution in [2.45, 2.75) is 59.8 Å². The van der Waals surface area contributed by atoms with E-state index in [4.69, 9.17) is 9.47 Å². The second-order valence-electron chi connectivity index (χ2n) is 8.94. The third-order valence-electron chi connectivity index (χ3n) is 5.56. The number of esters is 2. The average molecular weight is 459 g/mol. The molecule has 0 saturated carbocycles. The first-order valence-corrected chi connectivity index (χ1v) is 12.2. The molecule has 0 saturated heterocycles. The lowest BCUT2D eigenvalue weighted by atomic mass is 9.91. The Morgan fingerprint density at radius 1 is 0.706 bits per heavy atom. The molecule has 0 aliphatic carbocycles. The molecule has 0 aliphatic heterocycles. The summed E-state index contributed by atoms with van der Waals surface area (Å²) < 4.78 is 12.0. The van der Waals surface area contributed by atoms with E-state index in [1.54, 1.807) is 48.5 Å². The first-order chi connectivity index (χ1) is 16.4. The van der Waals surface area contributed by atoms with Gasteiger partial charge in [-0.25, -0.2) is 9.59 Å². The van der Waals surface area contributed by atoms with Gasteiger partial charge in [0.2, 0.25) is 0 Å². The quantitative estimate of drug-likeness (QED) is 0.238. The van der Waals surface area contributed by atoms with E-state index in [1.807, 2.05) is 12.1 Å². The van der Waals surface area contributed by atoms with Crippen molar-refractivity contribution < 1.29 is 19.1 Å².